The molecule has 0 aliphatic heterocycles. The first-order chi connectivity index (χ1) is 10.0. The van der Waals surface area contributed by atoms with Crippen molar-refractivity contribution in [1.82, 2.24) is 5.32 Å². The van der Waals surface area contributed by atoms with Gasteiger partial charge in [0, 0.05) is 22.7 Å². The number of nitrogens with one attached hydrogen (secondary N) is 1. The Morgan fingerprint density at radius 1 is 1.19 bits per heavy atom. The molecule has 0 spiro atoms. The van der Waals surface area contributed by atoms with Crippen molar-refractivity contribution in [3.05, 3.63) is 58.0 Å². The molecule has 0 amide bonds. The fourth-order valence-corrected chi connectivity index (χ4v) is 3.17. The average Bonchev–Trinajstić information content (AvgIpc) is 3.22. The van der Waals surface area contributed by atoms with Gasteiger partial charge in [0.25, 0.3) is 0 Å². The zero-order chi connectivity index (χ0) is 15.0. The van der Waals surface area contributed by atoms with Crippen LogP contribution in [0.2, 0.25) is 5.02 Å². The van der Waals surface area contributed by atoms with Crippen LogP contribution >= 0.6 is 11.6 Å². The number of rotatable bonds is 5. The zero-order valence-electron chi connectivity index (χ0n) is 12.8. The minimum atomic E-state index is 0.281. The van der Waals surface area contributed by atoms with E-state index in [1.54, 1.807) is 0 Å². The highest BCUT2D eigenvalue weighted by Crippen LogP contribution is 2.42. The van der Waals surface area contributed by atoms with Gasteiger partial charge in [-0.1, -0.05) is 23.7 Å². The molecule has 3 rings (SSSR count). The van der Waals surface area contributed by atoms with Crippen molar-refractivity contribution in [1.29, 1.82) is 0 Å². The molecule has 1 aromatic heterocycles. The van der Waals surface area contributed by atoms with E-state index in [2.05, 4.69) is 30.4 Å². The quantitative estimate of drug-likeness (QED) is 0.805. The molecule has 1 aromatic carbocycles. The molecule has 21 heavy (non-hydrogen) atoms. The number of hydrogen-bond donors (Lipinski definition) is 1. The summed E-state index contributed by atoms with van der Waals surface area (Å²) < 4.78 is 5.66. The molecule has 1 aliphatic rings. The summed E-state index contributed by atoms with van der Waals surface area (Å²) in [5, 5.41) is 4.58. The van der Waals surface area contributed by atoms with Gasteiger partial charge in [-0.3, -0.25) is 0 Å². The molecule has 112 valence electrons. The third-order valence-corrected chi connectivity index (χ3v) is 4.55. The molecule has 2 atom stereocenters. The van der Waals surface area contributed by atoms with E-state index in [4.69, 9.17) is 16.0 Å². The summed E-state index contributed by atoms with van der Waals surface area (Å²) >= 11 is 6.00. The summed E-state index contributed by atoms with van der Waals surface area (Å²) in [5.74, 6) is 2.73. The molecule has 1 heterocycles. The normalized spacial score (nSPS) is 17.7. The van der Waals surface area contributed by atoms with Crippen molar-refractivity contribution < 1.29 is 4.42 Å². The average molecular weight is 304 g/mol. The van der Waals surface area contributed by atoms with Gasteiger partial charge >= 0.3 is 0 Å². The van der Waals surface area contributed by atoms with Crippen LogP contribution in [-0.2, 0) is 0 Å². The molecule has 1 aliphatic carbocycles. The molecule has 1 saturated carbocycles. The summed E-state index contributed by atoms with van der Waals surface area (Å²) in [6, 6.07) is 11.0. The Kier molecular flexibility index (Phi) is 4.10. The maximum Gasteiger partial charge on any atom is 0.105 e. The molecule has 0 saturated heterocycles. The molecule has 2 nitrogen and oxygen atoms in total. The SMILES string of the molecule is Cc1cc(C(C)NC(c2ccc(Cl)cc2)C2CC2)c(C)o1. The predicted octanol–water partition coefficient (Wildman–Crippen LogP) is 5.35. The molecule has 0 radical (unpaired) electrons. The fourth-order valence-electron chi connectivity index (χ4n) is 3.04. The van der Waals surface area contributed by atoms with Gasteiger partial charge in [-0.05, 0) is 63.3 Å². The molecule has 1 fully saturated rings. The highest BCUT2D eigenvalue weighted by Gasteiger charge is 2.33. The van der Waals surface area contributed by atoms with Gasteiger partial charge in [0.1, 0.15) is 11.5 Å². The van der Waals surface area contributed by atoms with E-state index in [0.29, 0.717) is 6.04 Å². The van der Waals surface area contributed by atoms with Crippen LogP contribution in [0.15, 0.2) is 34.7 Å². The van der Waals surface area contributed by atoms with Gasteiger partial charge in [-0.15, -0.1) is 0 Å². The number of furan rings is 1. The van der Waals surface area contributed by atoms with Crippen LogP contribution in [0.25, 0.3) is 0 Å². The molecule has 3 heteroatoms. The standard InChI is InChI=1S/C18H22ClNO/c1-11-10-17(13(3)21-11)12(2)20-18(14-4-5-14)15-6-8-16(19)9-7-15/h6-10,12,14,18,20H,4-5H2,1-3H3. The van der Waals surface area contributed by atoms with E-state index in [1.807, 2.05) is 26.0 Å². The second kappa shape index (κ2) is 5.86. The fraction of sp³-hybridized carbons (Fsp3) is 0.444. The smallest absolute Gasteiger partial charge is 0.105 e. The zero-order valence-corrected chi connectivity index (χ0v) is 13.6. The Balaban J connectivity index is 1.79. The third kappa shape index (κ3) is 3.33. The first-order valence-electron chi connectivity index (χ1n) is 7.63. The van der Waals surface area contributed by atoms with Gasteiger partial charge in [0.05, 0.1) is 0 Å². The maximum atomic E-state index is 6.00. The van der Waals surface area contributed by atoms with Gasteiger partial charge in [-0.2, -0.15) is 0 Å². The van der Waals surface area contributed by atoms with E-state index in [-0.39, 0.29) is 6.04 Å². The van der Waals surface area contributed by atoms with Crippen molar-refractivity contribution in [3.63, 3.8) is 0 Å². The third-order valence-electron chi connectivity index (χ3n) is 4.30. The summed E-state index contributed by atoms with van der Waals surface area (Å²) in [5.41, 5.74) is 2.58. The predicted molar refractivity (Wildman–Crippen MR) is 86.6 cm³/mol. The van der Waals surface area contributed by atoms with Crippen LogP contribution in [0, 0.1) is 19.8 Å². The highest BCUT2D eigenvalue weighted by atomic mass is 35.5. The van der Waals surface area contributed by atoms with Crippen LogP contribution < -0.4 is 5.32 Å². The summed E-state index contributed by atoms with van der Waals surface area (Å²) in [4.78, 5) is 0. The van der Waals surface area contributed by atoms with Crippen molar-refractivity contribution in [3.8, 4) is 0 Å². The number of halogens is 1. The van der Waals surface area contributed by atoms with Crippen LogP contribution in [0.1, 0.15) is 54.5 Å². The summed E-state index contributed by atoms with van der Waals surface area (Å²) in [7, 11) is 0. The topological polar surface area (TPSA) is 25.2 Å². The largest absolute Gasteiger partial charge is 0.466 e. The highest BCUT2D eigenvalue weighted by molar-refractivity contribution is 6.30. The Morgan fingerprint density at radius 3 is 2.38 bits per heavy atom. The van der Waals surface area contributed by atoms with Crippen LogP contribution in [0.5, 0.6) is 0 Å². The maximum absolute atomic E-state index is 6.00. The minimum absolute atomic E-state index is 0.281. The van der Waals surface area contributed by atoms with Gasteiger partial charge in [0.2, 0.25) is 0 Å². The van der Waals surface area contributed by atoms with Crippen molar-refractivity contribution in [2.45, 2.75) is 45.7 Å². The Morgan fingerprint density at radius 2 is 1.86 bits per heavy atom. The second-order valence-electron chi connectivity index (χ2n) is 6.12. The Bertz CT molecular complexity index is 613. The van der Waals surface area contributed by atoms with E-state index in [0.717, 1.165) is 22.5 Å². The molecular formula is C18H22ClNO. The molecule has 2 unspecified atom stereocenters. The first kappa shape index (κ1) is 14.7. The lowest BCUT2D eigenvalue weighted by atomic mass is 9.99. The number of aryl methyl sites for hydroxylation is 2. The van der Waals surface area contributed by atoms with E-state index < -0.39 is 0 Å². The molecule has 2 aromatic rings. The van der Waals surface area contributed by atoms with Gasteiger partial charge in [-0.25, -0.2) is 0 Å². The first-order valence-corrected chi connectivity index (χ1v) is 8.01. The number of benzene rings is 1. The van der Waals surface area contributed by atoms with E-state index in [1.165, 1.54) is 24.0 Å². The minimum Gasteiger partial charge on any atom is -0.466 e. The number of hydrogen-bond acceptors (Lipinski definition) is 2. The van der Waals surface area contributed by atoms with E-state index >= 15 is 0 Å². The van der Waals surface area contributed by atoms with Gasteiger partial charge in [0.15, 0.2) is 0 Å². The van der Waals surface area contributed by atoms with E-state index in [9.17, 15) is 0 Å². The van der Waals surface area contributed by atoms with Crippen molar-refractivity contribution in [2.24, 2.45) is 5.92 Å². The molecule has 0 bridgehead atoms. The second-order valence-corrected chi connectivity index (χ2v) is 6.56. The summed E-state index contributed by atoms with van der Waals surface area (Å²) in [6.45, 7) is 6.25. The van der Waals surface area contributed by atoms with Crippen molar-refractivity contribution in [2.75, 3.05) is 0 Å². The molecule has 1 N–H and O–H groups in total. The van der Waals surface area contributed by atoms with Crippen molar-refractivity contribution >= 4 is 11.6 Å². The van der Waals surface area contributed by atoms with Crippen LogP contribution in [0.4, 0.5) is 0 Å². The van der Waals surface area contributed by atoms with Crippen LogP contribution in [0.3, 0.4) is 0 Å². The Labute approximate surface area is 131 Å². The Hall–Kier alpha value is -1.25. The lowest BCUT2D eigenvalue weighted by Gasteiger charge is -2.23. The lowest BCUT2D eigenvalue weighted by Crippen LogP contribution is -2.26. The summed E-state index contributed by atoms with van der Waals surface area (Å²) in [6.07, 6.45) is 2.60. The lowest BCUT2D eigenvalue weighted by molar-refractivity contribution is 0.420. The monoisotopic (exact) mass is 303 g/mol. The van der Waals surface area contributed by atoms with Crippen LogP contribution in [-0.4, -0.2) is 0 Å². The molecular weight excluding hydrogens is 282 g/mol. The van der Waals surface area contributed by atoms with Gasteiger partial charge < -0.3 is 9.73 Å².